The Kier molecular flexibility index (Phi) is 8.48. The molecule has 0 aliphatic carbocycles. The molecule has 0 aliphatic heterocycles. The quantitative estimate of drug-likeness (QED) is 0.272. The topological polar surface area (TPSA) is 176 Å². The monoisotopic (exact) mass is 272 g/mol. The first kappa shape index (κ1) is 18.1. The van der Waals surface area contributed by atoms with Crippen molar-refractivity contribution in [1.82, 2.24) is 11.5 Å². The van der Waals surface area contributed by atoms with Crippen molar-refractivity contribution in [3.8, 4) is 0 Å². The third kappa shape index (κ3) is 11.0. The van der Waals surface area contributed by atoms with Gasteiger partial charge in [-0.3, -0.25) is 14.1 Å². The van der Waals surface area contributed by atoms with E-state index in [4.69, 9.17) is 14.8 Å². The van der Waals surface area contributed by atoms with E-state index in [-0.39, 0.29) is 19.1 Å². The number of hydrogen-bond acceptors (Lipinski definition) is 6. The molecule has 0 saturated carbocycles. The Balaban J connectivity index is 0. The van der Waals surface area contributed by atoms with Crippen molar-refractivity contribution in [2.24, 2.45) is 0 Å². The first-order valence-corrected chi connectivity index (χ1v) is 5.96. The molecule has 0 radical (unpaired) electrons. The minimum atomic E-state index is -4.07. The highest BCUT2D eigenvalue weighted by molar-refractivity contribution is 7.85. The maximum Gasteiger partial charge on any atom is 0.321 e. The number of rotatable bonds is 8. The molecular weight excluding hydrogens is 256 g/mol. The molecule has 0 rings (SSSR count). The number of carboxylic acids is 2. The third-order valence-corrected chi connectivity index (χ3v) is 2.45. The van der Waals surface area contributed by atoms with E-state index in [2.05, 4.69) is 5.32 Å². The van der Waals surface area contributed by atoms with Gasteiger partial charge in [-0.25, -0.2) is 0 Å². The standard InChI is InChI=1S/C7H13NO7S.H3N/c9-6(10)4-5(7(11)12)8-2-1-3-16(13,14)15;/h5,8H,1-4H2,(H,9,10)(H,11,12)(H,13,14,15);1H3. The number of nitrogens with one attached hydrogen (secondary N) is 1. The molecule has 1 unspecified atom stereocenters. The minimum Gasteiger partial charge on any atom is -0.481 e. The van der Waals surface area contributed by atoms with Crippen LogP contribution in [0.2, 0.25) is 0 Å². The maximum absolute atomic E-state index is 10.5. The summed E-state index contributed by atoms with van der Waals surface area (Å²) >= 11 is 0. The SMILES string of the molecule is N.O=C(O)CC(NCCCS(=O)(=O)O)C(=O)O. The normalized spacial score (nSPS) is 12.5. The summed E-state index contributed by atoms with van der Waals surface area (Å²) in [7, 11) is -4.07. The third-order valence-electron chi connectivity index (χ3n) is 1.65. The number of carbonyl (C=O) groups is 2. The van der Waals surface area contributed by atoms with Gasteiger partial charge in [0.05, 0.1) is 12.2 Å². The lowest BCUT2D eigenvalue weighted by Gasteiger charge is -2.11. The molecule has 0 aromatic rings. The van der Waals surface area contributed by atoms with Gasteiger partial charge < -0.3 is 21.7 Å². The van der Waals surface area contributed by atoms with E-state index in [1.54, 1.807) is 0 Å². The average molecular weight is 272 g/mol. The highest BCUT2D eigenvalue weighted by Gasteiger charge is 2.19. The second kappa shape index (κ2) is 7.95. The van der Waals surface area contributed by atoms with Crippen LogP contribution in [0.15, 0.2) is 0 Å². The van der Waals surface area contributed by atoms with Crippen LogP contribution in [0.1, 0.15) is 12.8 Å². The molecule has 0 aromatic heterocycles. The molecule has 7 N–H and O–H groups in total. The minimum absolute atomic E-state index is 0. The van der Waals surface area contributed by atoms with Crippen LogP contribution in [0.3, 0.4) is 0 Å². The van der Waals surface area contributed by atoms with Crippen LogP contribution >= 0.6 is 0 Å². The van der Waals surface area contributed by atoms with Gasteiger partial charge in [-0.15, -0.1) is 0 Å². The summed E-state index contributed by atoms with van der Waals surface area (Å²) < 4.78 is 29.0. The predicted octanol–water partition coefficient (Wildman–Crippen LogP) is -1.06. The predicted molar refractivity (Wildman–Crippen MR) is 57.7 cm³/mol. The van der Waals surface area contributed by atoms with E-state index in [9.17, 15) is 18.0 Å². The summed E-state index contributed by atoms with van der Waals surface area (Å²) in [4.78, 5) is 20.8. The molecule has 0 heterocycles. The highest BCUT2D eigenvalue weighted by Crippen LogP contribution is 1.94. The van der Waals surface area contributed by atoms with E-state index in [0.29, 0.717) is 0 Å². The Morgan fingerprint density at radius 1 is 1.24 bits per heavy atom. The smallest absolute Gasteiger partial charge is 0.321 e. The molecular formula is C7H16N2O7S. The van der Waals surface area contributed by atoms with Gasteiger partial charge in [0.25, 0.3) is 10.1 Å². The second-order valence-corrected chi connectivity index (χ2v) is 4.65. The summed E-state index contributed by atoms with van der Waals surface area (Å²) in [5, 5.41) is 19.3. The average Bonchev–Trinajstić information content (AvgIpc) is 2.07. The van der Waals surface area contributed by atoms with Gasteiger partial charge >= 0.3 is 11.9 Å². The first-order valence-electron chi connectivity index (χ1n) is 4.35. The number of carboxylic acid groups (broad SMARTS) is 2. The van der Waals surface area contributed by atoms with Gasteiger partial charge in [0, 0.05) is 0 Å². The van der Waals surface area contributed by atoms with E-state index in [1.165, 1.54) is 0 Å². The molecule has 0 amide bonds. The molecule has 0 bridgehead atoms. The van der Waals surface area contributed by atoms with Crippen LogP contribution in [0, 0.1) is 0 Å². The number of hydrogen-bond donors (Lipinski definition) is 5. The summed E-state index contributed by atoms with van der Waals surface area (Å²) in [6.45, 7) is -0.00988. The van der Waals surface area contributed by atoms with Gasteiger partial charge in [0.1, 0.15) is 6.04 Å². The molecule has 0 aromatic carbocycles. The summed E-state index contributed by atoms with van der Waals surface area (Å²) in [5.41, 5.74) is 0. The fourth-order valence-electron chi connectivity index (χ4n) is 0.952. The summed E-state index contributed by atoms with van der Waals surface area (Å²) in [6.07, 6.45) is -0.594. The van der Waals surface area contributed by atoms with Crippen molar-refractivity contribution in [3.63, 3.8) is 0 Å². The zero-order valence-electron chi connectivity index (χ0n) is 9.00. The Morgan fingerprint density at radius 3 is 2.12 bits per heavy atom. The van der Waals surface area contributed by atoms with Crippen molar-refractivity contribution >= 4 is 22.1 Å². The Bertz CT molecular complexity index is 353. The van der Waals surface area contributed by atoms with Gasteiger partial charge in [-0.2, -0.15) is 8.42 Å². The molecule has 0 fully saturated rings. The highest BCUT2D eigenvalue weighted by atomic mass is 32.2. The lowest BCUT2D eigenvalue weighted by molar-refractivity contribution is -0.145. The Labute approximate surface area is 98.2 Å². The largest absolute Gasteiger partial charge is 0.481 e. The van der Waals surface area contributed by atoms with Crippen molar-refractivity contribution in [3.05, 3.63) is 0 Å². The van der Waals surface area contributed by atoms with Crippen LogP contribution in [0.5, 0.6) is 0 Å². The maximum atomic E-state index is 10.5. The molecule has 0 spiro atoms. The Hall–Kier alpha value is -1.23. The van der Waals surface area contributed by atoms with Crippen molar-refractivity contribution in [1.29, 1.82) is 0 Å². The molecule has 0 aliphatic rings. The first-order chi connectivity index (χ1) is 7.22. The van der Waals surface area contributed by atoms with Gasteiger partial charge in [0.15, 0.2) is 0 Å². The fraction of sp³-hybridized carbons (Fsp3) is 0.714. The van der Waals surface area contributed by atoms with Crippen molar-refractivity contribution in [2.45, 2.75) is 18.9 Å². The van der Waals surface area contributed by atoms with E-state index < -0.39 is 40.3 Å². The molecule has 17 heavy (non-hydrogen) atoms. The van der Waals surface area contributed by atoms with E-state index >= 15 is 0 Å². The second-order valence-electron chi connectivity index (χ2n) is 3.08. The molecule has 10 heteroatoms. The molecule has 0 saturated heterocycles. The molecule has 102 valence electrons. The lowest BCUT2D eigenvalue weighted by atomic mass is 10.2. The van der Waals surface area contributed by atoms with Crippen LogP contribution in [0.4, 0.5) is 0 Å². The van der Waals surface area contributed by atoms with Crippen LogP contribution in [-0.4, -0.2) is 53.5 Å². The van der Waals surface area contributed by atoms with E-state index in [0.717, 1.165) is 0 Å². The van der Waals surface area contributed by atoms with Crippen LogP contribution in [0.25, 0.3) is 0 Å². The van der Waals surface area contributed by atoms with Crippen LogP contribution < -0.4 is 11.5 Å². The zero-order chi connectivity index (χ0) is 12.8. The summed E-state index contributed by atoms with van der Waals surface area (Å²) in [5.74, 6) is -3.09. The molecule has 9 nitrogen and oxygen atoms in total. The van der Waals surface area contributed by atoms with Gasteiger partial charge in [-0.05, 0) is 13.0 Å². The lowest BCUT2D eigenvalue weighted by Crippen LogP contribution is -2.39. The molecule has 1 atom stereocenters. The Morgan fingerprint density at radius 2 is 1.76 bits per heavy atom. The van der Waals surface area contributed by atoms with E-state index in [1.807, 2.05) is 0 Å². The van der Waals surface area contributed by atoms with Gasteiger partial charge in [-0.1, -0.05) is 0 Å². The van der Waals surface area contributed by atoms with Gasteiger partial charge in [0.2, 0.25) is 0 Å². The van der Waals surface area contributed by atoms with Crippen molar-refractivity contribution in [2.75, 3.05) is 12.3 Å². The van der Waals surface area contributed by atoms with Crippen LogP contribution in [-0.2, 0) is 19.7 Å². The zero-order valence-corrected chi connectivity index (χ0v) is 9.81. The van der Waals surface area contributed by atoms with Crippen molar-refractivity contribution < 1.29 is 32.8 Å². The fourth-order valence-corrected chi connectivity index (χ4v) is 1.46. The number of aliphatic carboxylic acids is 2. The summed E-state index contributed by atoms with van der Waals surface area (Å²) in [6, 6.07) is -1.26.